The predicted molar refractivity (Wildman–Crippen MR) is 101 cm³/mol. The Bertz CT molecular complexity index is 1160. The van der Waals surface area contributed by atoms with E-state index >= 15 is 0 Å². The van der Waals surface area contributed by atoms with Gasteiger partial charge in [0, 0.05) is 31.6 Å². The van der Waals surface area contributed by atoms with E-state index in [4.69, 9.17) is 9.47 Å². The number of rotatable bonds is 4. The van der Waals surface area contributed by atoms with E-state index in [2.05, 4.69) is 4.98 Å². The zero-order valence-electron chi connectivity index (χ0n) is 15.9. The van der Waals surface area contributed by atoms with Crippen LogP contribution in [0.15, 0.2) is 28.0 Å². The van der Waals surface area contributed by atoms with Crippen molar-refractivity contribution in [2.24, 2.45) is 14.1 Å². The number of aromatic nitrogens is 4. The SMILES string of the molecule is CCOc1cc2c(cc1Cn1cnc3c1c(=O)n(C)c(=O)n3C)O[C@H](C)C2. The average Bonchev–Trinajstić information content (AvgIpc) is 3.21. The summed E-state index contributed by atoms with van der Waals surface area (Å²) < 4.78 is 15.9. The molecule has 0 aliphatic carbocycles. The van der Waals surface area contributed by atoms with Gasteiger partial charge in [-0.1, -0.05) is 0 Å². The number of imidazole rings is 1. The van der Waals surface area contributed by atoms with Gasteiger partial charge in [0.2, 0.25) is 0 Å². The lowest BCUT2D eigenvalue weighted by Crippen LogP contribution is -2.37. The quantitative estimate of drug-likeness (QED) is 0.690. The molecular formula is C19H22N4O4. The van der Waals surface area contributed by atoms with Crippen LogP contribution >= 0.6 is 0 Å². The summed E-state index contributed by atoms with van der Waals surface area (Å²) in [6, 6.07) is 3.99. The molecule has 0 bridgehead atoms. The lowest BCUT2D eigenvalue weighted by atomic mass is 10.1. The molecule has 0 amide bonds. The summed E-state index contributed by atoms with van der Waals surface area (Å²) in [4.78, 5) is 29.0. The maximum absolute atomic E-state index is 12.6. The van der Waals surface area contributed by atoms with Crippen molar-refractivity contribution in [1.82, 2.24) is 18.7 Å². The van der Waals surface area contributed by atoms with Crippen molar-refractivity contribution in [3.63, 3.8) is 0 Å². The molecule has 0 radical (unpaired) electrons. The fourth-order valence-corrected chi connectivity index (χ4v) is 3.60. The summed E-state index contributed by atoms with van der Waals surface area (Å²) >= 11 is 0. The van der Waals surface area contributed by atoms with E-state index in [9.17, 15) is 9.59 Å². The summed E-state index contributed by atoms with van der Waals surface area (Å²) in [5, 5.41) is 0. The minimum absolute atomic E-state index is 0.139. The lowest BCUT2D eigenvalue weighted by molar-refractivity contribution is 0.254. The zero-order chi connectivity index (χ0) is 19.3. The van der Waals surface area contributed by atoms with Crippen molar-refractivity contribution in [3.05, 3.63) is 50.4 Å². The molecule has 0 unspecified atom stereocenters. The van der Waals surface area contributed by atoms with E-state index in [0.29, 0.717) is 24.3 Å². The molecule has 0 fully saturated rings. The summed E-state index contributed by atoms with van der Waals surface area (Å²) in [6.45, 7) is 4.91. The van der Waals surface area contributed by atoms with Crippen molar-refractivity contribution in [2.45, 2.75) is 32.9 Å². The molecule has 3 heterocycles. The topological polar surface area (TPSA) is 80.3 Å². The number of ether oxygens (including phenoxy) is 2. The lowest BCUT2D eigenvalue weighted by Gasteiger charge is -2.13. The zero-order valence-corrected chi connectivity index (χ0v) is 15.9. The highest BCUT2D eigenvalue weighted by Gasteiger charge is 2.23. The molecule has 2 aromatic heterocycles. The van der Waals surface area contributed by atoms with Crippen LogP contribution in [-0.2, 0) is 27.1 Å². The van der Waals surface area contributed by atoms with Gasteiger partial charge in [-0.2, -0.15) is 0 Å². The number of aryl methyl sites for hydroxylation is 1. The summed E-state index contributed by atoms with van der Waals surface area (Å²) in [5.74, 6) is 1.63. The molecule has 1 aliphatic rings. The van der Waals surface area contributed by atoms with Gasteiger partial charge in [-0.15, -0.1) is 0 Å². The van der Waals surface area contributed by atoms with Crippen LogP contribution in [0.3, 0.4) is 0 Å². The Kier molecular flexibility index (Phi) is 4.05. The summed E-state index contributed by atoms with van der Waals surface area (Å²) in [6.07, 6.45) is 2.57. The van der Waals surface area contributed by atoms with E-state index in [1.807, 2.05) is 26.0 Å². The van der Waals surface area contributed by atoms with Crippen LogP contribution < -0.4 is 20.7 Å². The third-order valence-corrected chi connectivity index (χ3v) is 4.94. The van der Waals surface area contributed by atoms with Gasteiger partial charge in [0.15, 0.2) is 11.2 Å². The van der Waals surface area contributed by atoms with Gasteiger partial charge in [0.1, 0.15) is 17.6 Å². The summed E-state index contributed by atoms with van der Waals surface area (Å²) in [5.41, 5.74) is 2.02. The molecule has 8 nitrogen and oxygen atoms in total. The van der Waals surface area contributed by atoms with Crippen LogP contribution in [0.25, 0.3) is 11.2 Å². The van der Waals surface area contributed by atoms with Crippen LogP contribution in [0.2, 0.25) is 0 Å². The van der Waals surface area contributed by atoms with Gasteiger partial charge in [-0.3, -0.25) is 13.9 Å². The number of benzene rings is 1. The van der Waals surface area contributed by atoms with Crippen molar-refractivity contribution in [2.75, 3.05) is 6.61 Å². The maximum atomic E-state index is 12.6. The fourth-order valence-electron chi connectivity index (χ4n) is 3.60. The predicted octanol–water partition coefficient (Wildman–Crippen LogP) is 1.20. The Morgan fingerprint density at radius 3 is 2.78 bits per heavy atom. The second-order valence-electron chi connectivity index (χ2n) is 6.88. The monoisotopic (exact) mass is 370 g/mol. The molecule has 142 valence electrons. The minimum Gasteiger partial charge on any atom is -0.494 e. The largest absolute Gasteiger partial charge is 0.494 e. The van der Waals surface area contributed by atoms with E-state index in [-0.39, 0.29) is 11.7 Å². The average molecular weight is 370 g/mol. The maximum Gasteiger partial charge on any atom is 0.332 e. The molecule has 0 saturated carbocycles. The van der Waals surface area contributed by atoms with Gasteiger partial charge >= 0.3 is 5.69 Å². The van der Waals surface area contributed by atoms with Crippen LogP contribution in [0, 0.1) is 0 Å². The van der Waals surface area contributed by atoms with Crippen molar-refractivity contribution in [1.29, 1.82) is 0 Å². The minimum atomic E-state index is -0.396. The van der Waals surface area contributed by atoms with Gasteiger partial charge in [-0.05, 0) is 26.0 Å². The van der Waals surface area contributed by atoms with Crippen molar-refractivity contribution >= 4 is 11.2 Å². The summed E-state index contributed by atoms with van der Waals surface area (Å²) in [7, 11) is 3.08. The molecule has 27 heavy (non-hydrogen) atoms. The second kappa shape index (κ2) is 6.29. The fraction of sp³-hybridized carbons (Fsp3) is 0.421. The third-order valence-electron chi connectivity index (χ3n) is 4.94. The molecular weight excluding hydrogens is 348 g/mol. The molecule has 4 rings (SSSR count). The molecule has 1 aliphatic heterocycles. The highest BCUT2D eigenvalue weighted by Crippen LogP contribution is 2.35. The van der Waals surface area contributed by atoms with Crippen LogP contribution in [0.1, 0.15) is 25.0 Å². The Morgan fingerprint density at radius 2 is 2.04 bits per heavy atom. The molecule has 8 heteroatoms. The molecule has 0 N–H and O–H groups in total. The van der Waals surface area contributed by atoms with Crippen LogP contribution in [-0.4, -0.2) is 31.4 Å². The standard InChI is InChI=1S/C19H22N4O4/c1-5-26-14-7-12-6-11(2)27-15(12)8-13(14)9-23-10-20-17-16(23)18(24)22(4)19(25)21(17)3/h7-8,10-11H,5-6,9H2,1-4H3/t11-/m1/s1. The van der Waals surface area contributed by atoms with Gasteiger partial charge < -0.3 is 14.0 Å². The van der Waals surface area contributed by atoms with Crippen molar-refractivity contribution in [3.8, 4) is 11.5 Å². The molecule has 1 atom stereocenters. The number of fused-ring (bicyclic) bond motifs is 2. The first-order valence-electron chi connectivity index (χ1n) is 8.96. The van der Waals surface area contributed by atoms with Gasteiger partial charge in [0.05, 0.1) is 19.5 Å². The van der Waals surface area contributed by atoms with E-state index in [0.717, 1.165) is 33.6 Å². The van der Waals surface area contributed by atoms with Crippen LogP contribution in [0.4, 0.5) is 0 Å². The Labute approximate surface area is 155 Å². The molecule has 0 saturated heterocycles. The molecule has 0 spiro atoms. The van der Waals surface area contributed by atoms with E-state index in [1.54, 1.807) is 17.9 Å². The first kappa shape index (κ1) is 17.4. The Hall–Kier alpha value is -3.03. The van der Waals surface area contributed by atoms with Gasteiger partial charge in [-0.25, -0.2) is 9.78 Å². The van der Waals surface area contributed by atoms with Crippen LogP contribution in [0.5, 0.6) is 11.5 Å². The highest BCUT2D eigenvalue weighted by molar-refractivity contribution is 5.70. The number of hydrogen-bond acceptors (Lipinski definition) is 5. The third kappa shape index (κ3) is 2.72. The first-order valence-corrected chi connectivity index (χ1v) is 8.96. The van der Waals surface area contributed by atoms with Gasteiger partial charge in [0.25, 0.3) is 5.56 Å². The van der Waals surface area contributed by atoms with E-state index < -0.39 is 5.69 Å². The normalized spacial score (nSPS) is 15.8. The highest BCUT2D eigenvalue weighted by atomic mass is 16.5. The number of hydrogen-bond donors (Lipinski definition) is 0. The second-order valence-corrected chi connectivity index (χ2v) is 6.88. The molecule has 1 aromatic carbocycles. The van der Waals surface area contributed by atoms with Crippen molar-refractivity contribution < 1.29 is 9.47 Å². The Morgan fingerprint density at radius 1 is 1.26 bits per heavy atom. The Balaban J connectivity index is 1.85. The van der Waals surface area contributed by atoms with E-state index in [1.165, 1.54) is 11.6 Å². The first-order chi connectivity index (χ1) is 12.9. The smallest absolute Gasteiger partial charge is 0.332 e. The molecule has 3 aromatic rings. The number of nitrogens with zero attached hydrogens (tertiary/aromatic N) is 4.